The van der Waals surface area contributed by atoms with Crippen LogP contribution in [0.25, 0.3) is 0 Å². The summed E-state index contributed by atoms with van der Waals surface area (Å²) in [5.41, 5.74) is 10.2. The standard InChI is InChI=1S/C23H28N6O/c1-29(16-22(24)30,21-10-4-6-18-7-5-11-27-23(18)21)20-9-3-2-8-19(20)26-13-15-28-14-12-25-17-28/h2-3,5,7-9,11-12,14,17,21,26H,4,6,10,13,15-16H2,1H3,(H-,24,30)/p+1. The molecule has 0 bridgehead atoms. The number of primary amides is 1. The molecule has 2 unspecified atom stereocenters. The number of imidazole rings is 1. The first-order valence-electron chi connectivity index (χ1n) is 10.4. The van der Waals surface area contributed by atoms with E-state index in [0.717, 1.165) is 49.4 Å². The number of nitrogens with two attached hydrogens (primary N) is 1. The van der Waals surface area contributed by atoms with Gasteiger partial charge >= 0.3 is 0 Å². The summed E-state index contributed by atoms with van der Waals surface area (Å²) in [5, 5.41) is 3.56. The monoisotopic (exact) mass is 405 g/mol. The van der Waals surface area contributed by atoms with Gasteiger partial charge in [-0.25, -0.2) is 4.98 Å². The first kappa shape index (κ1) is 20.1. The van der Waals surface area contributed by atoms with E-state index < -0.39 is 0 Å². The summed E-state index contributed by atoms with van der Waals surface area (Å²) in [5.74, 6) is -0.311. The SMILES string of the molecule is C[N+](CC(N)=O)(c1ccccc1NCCn1ccnc1)C1CCCc2cccnc21. The van der Waals surface area contributed by atoms with Crippen LogP contribution in [0.15, 0.2) is 61.3 Å². The van der Waals surface area contributed by atoms with Crippen LogP contribution >= 0.6 is 0 Å². The number of aromatic nitrogens is 3. The normalized spacial score (nSPS) is 17.7. The number of quaternary nitrogens is 1. The van der Waals surface area contributed by atoms with Gasteiger partial charge in [0.2, 0.25) is 0 Å². The highest BCUT2D eigenvalue weighted by Crippen LogP contribution is 2.43. The Labute approximate surface area is 177 Å². The highest BCUT2D eigenvalue weighted by Gasteiger charge is 2.42. The zero-order chi connectivity index (χ0) is 21.0. The molecule has 2 atom stereocenters. The maximum atomic E-state index is 12.2. The molecule has 7 heteroatoms. The minimum Gasteiger partial charge on any atom is -0.378 e. The van der Waals surface area contributed by atoms with Crippen molar-refractivity contribution in [3.05, 3.63) is 72.6 Å². The number of rotatable bonds is 8. The largest absolute Gasteiger partial charge is 0.378 e. The Morgan fingerprint density at radius 2 is 2.13 bits per heavy atom. The number of hydrogen-bond acceptors (Lipinski definition) is 4. The Bertz CT molecular complexity index is 1000. The molecule has 156 valence electrons. The first-order chi connectivity index (χ1) is 14.6. The Balaban J connectivity index is 1.68. The molecule has 1 amide bonds. The summed E-state index contributed by atoms with van der Waals surface area (Å²) in [6, 6.07) is 12.4. The molecular weight excluding hydrogens is 376 g/mol. The van der Waals surface area contributed by atoms with Gasteiger partial charge in [-0.05, 0) is 30.5 Å². The highest BCUT2D eigenvalue weighted by molar-refractivity contribution is 5.80. The van der Waals surface area contributed by atoms with Crippen molar-refractivity contribution in [3.63, 3.8) is 0 Å². The van der Waals surface area contributed by atoms with Crippen molar-refractivity contribution in [2.75, 3.05) is 25.5 Å². The summed E-state index contributed by atoms with van der Waals surface area (Å²) < 4.78 is 2.45. The van der Waals surface area contributed by atoms with Crippen LogP contribution in [0, 0.1) is 0 Å². The zero-order valence-corrected chi connectivity index (χ0v) is 17.4. The molecular formula is C23H29N6O+. The second kappa shape index (κ2) is 8.67. The van der Waals surface area contributed by atoms with Crippen molar-refractivity contribution in [1.82, 2.24) is 19.0 Å². The van der Waals surface area contributed by atoms with Gasteiger partial charge in [-0.1, -0.05) is 18.2 Å². The van der Waals surface area contributed by atoms with Crippen molar-refractivity contribution < 1.29 is 4.79 Å². The number of carbonyl (C=O) groups is 1. The molecule has 1 aliphatic carbocycles. The Hall–Kier alpha value is -3.19. The summed E-state index contributed by atoms with van der Waals surface area (Å²) in [6.45, 7) is 1.78. The van der Waals surface area contributed by atoms with Crippen LogP contribution in [-0.2, 0) is 17.8 Å². The summed E-state index contributed by atoms with van der Waals surface area (Å²) in [7, 11) is 2.11. The van der Waals surface area contributed by atoms with E-state index in [1.165, 1.54) is 5.56 Å². The number of anilines is 1. The van der Waals surface area contributed by atoms with E-state index in [0.29, 0.717) is 4.48 Å². The van der Waals surface area contributed by atoms with Gasteiger partial charge in [-0.2, -0.15) is 0 Å². The number of fused-ring (bicyclic) bond motifs is 1. The van der Waals surface area contributed by atoms with E-state index in [2.05, 4.69) is 35.5 Å². The maximum Gasteiger partial charge on any atom is 0.273 e. The molecule has 2 aromatic heterocycles. The number of benzene rings is 1. The predicted molar refractivity (Wildman–Crippen MR) is 119 cm³/mol. The van der Waals surface area contributed by atoms with Crippen molar-refractivity contribution in [3.8, 4) is 0 Å². The fourth-order valence-corrected chi connectivity index (χ4v) is 4.63. The third-order valence-electron chi connectivity index (χ3n) is 6.04. The van der Waals surface area contributed by atoms with Crippen LogP contribution in [0.1, 0.15) is 30.1 Å². The van der Waals surface area contributed by atoms with E-state index in [4.69, 9.17) is 10.7 Å². The molecule has 7 nitrogen and oxygen atoms in total. The van der Waals surface area contributed by atoms with Crippen molar-refractivity contribution in [1.29, 1.82) is 0 Å². The molecule has 0 saturated carbocycles. The maximum absolute atomic E-state index is 12.2. The topological polar surface area (TPSA) is 85.8 Å². The fraction of sp³-hybridized carbons (Fsp3) is 0.348. The zero-order valence-electron chi connectivity index (χ0n) is 17.4. The molecule has 3 N–H and O–H groups in total. The smallest absolute Gasteiger partial charge is 0.273 e. The average Bonchev–Trinajstić information content (AvgIpc) is 3.26. The number of amides is 1. The lowest BCUT2D eigenvalue weighted by molar-refractivity contribution is -0.119. The van der Waals surface area contributed by atoms with E-state index in [-0.39, 0.29) is 18.5 Å². The molecule has 0 aliphatic heterocycles. The lowest BCUT2D eigenvalue weighted by Gasteiger charge is -2.43. The van der Waals surface area contributed by atoms with Crippen molar-refractivity contribution >= 4 is 17.3 Å². The van der Waals surface area contributed by atoms with Gasteiger partial charge in [0.15, 0.2) is 12.2 Å². The molecule has 0 spiro atoms. The number of likely N-dealkylation sites (N-methyl/N-ethyl adjacent to an activating group) is 1. The Morgan fingerprint density at radius 3 is 2.93 bits per heavy atom. The van der Waals surface area contributed by atoms with Crippen molar-refractivity contribution in [2.45, 2.75) is 31.8 Å². The molecule has 30 heavy (non-hydrogen) atoms. The van der Waals surface area contributed by atoms with Gasteiger partial charge in [0.25, 0.3) is 5.91 Å². The third-order valence-corrected chi connectivity index (χ3v) is 6.04. The van der Waals surface area contributed by atoms with Crippen LogP contribution in [0.5, 0.6) is 0 Å². The molecule has 1 aromatic carbocycles. The second-order valence-corrected chi connectivity index (χ2v) is 8.09. The van der Waals surface area contributed by atoms with E-state index in [1.807, 2.05) is 41.5 Å². The summed E-state index contributed by atoms with van der Waals surface area (Å²) in [4.78, 5) is 21.0. The van der Waals surface area contributed by atoms with Gasteiger partial charge in [-0.3, -0.25) is 14.3 Å². The van der Waals surface area contributed by atoms with Crippen LogP contribution in [0.2, 0.25) is 0 Å². The molecule has 4 rings (SSSR count). The predicted octanol–water partition coefficient (Wildman–Crippen LogP) is 2.89. The molecule has 1 aliphatic rings. The number of nitrogens with zero attached hydrogens (tertiary/aromatic N) is 4. The van der Waals surface area contributed by atoms with Crippen LogP contribution in [-0.4, -0.2) is 40.6 Å². The fourth-order valence-electron chi connectivity index (χ4n) is 4.63. The van der Waals surface area contributed by atoms with Gasteiger partial charge in [0.05, 0.1) is 19.1 Å². The van der Waals surface area contributed by atoms with E-state index in [1.54, 1.807) is 6.20 Å². The molecule has 2 heterocycles. The molecule has 0 fully saturated rings. The van der Waals surface area contributed by atoms with Gasteiger partial charge in [0.1, 0.15) is 11.7 Å². The second-order valence-electron chi connectivity index (χ2n) is 8.09. The number of nitrogens with one attached hydrogen (secondary N) is 1. The Morgan fingerprint density at radius 1 is 1.27 bits per heavy atom. The molecule has 0 radical (unpaired) electrons. The average molecular weight is 406 g/mol. The van der Waals surface area contributed by atoms with E-state index >= 15 is 0 Å². The van der Waals surface area contributed by atoms with Gasteiger partial charge < -0.3 is 15.6 Å². The summed E-state index contributed by atoms with van der Waals surface area (Å²) in [6.07, 6.45) is 10.5. The minimum atomic E-state index is -0.311. The lowest BCUT2D eigenvalue weighted by atomic mass is 9.88. The van der Waals surface area contributed by atoms with Crippen molar-refractivity contribution in [2.24, 2.45) is 5.73 Å². The summed E-state index contributed by atoms with van der Waals surface area (Å²) >= 11 is 0. The number of hydrogen-bond donors (Lipinski definition) is 2. The van der Waals surface area contributed by atoms with Gasteiger partial charge in [0, 0.05) is 44.2 Å². The number of aryl methyl sites for hydroxylation is 1. The van der Waals surface area contributed by atoms with Crippen LogP contribution < -0.4 is 15.5 Å². The number of pyridine rings is 1. The quantitative estimate of drug-likeness (QED) is 0.564. The van der Waals surface area contributed by atoms with Crippen LogP contribution in [0.4, 0.5) is 11.4 Å². The van der Waals surface area contributed by atoms with Crippen LogP contribution in [0.3, 0.4) is 0 Å². The number of carbonyl (C=O) groups excluding carboxylic acids is 1. The number of para-hydroxylation sites is 2. The van der Waals surface area contributed by atoms with E-state index in [9.17, 15) is 4.79 Å². The molecule has 3 aromatic rings. The highest BCUT2D eigenvalue weighted by atomic mass is 16.1. The first-order valence-corrected chi connectivity index (χ1v) is 10.4. The lowest BCUT2D eigenvalue weighted by Crippen LogP contribution is -2.54. The Kier molecular flexibility index (Phi) is 5.81. The third kappa shape index (κ3) is 4.07. The van der Waals surface area contributed by atoms with Gasteiger partial charge in [-0.15, -0.1) is 0 Å². The minimum absolute atomic E-state index is 0.0825. The molecule has 0 saturated heterocycles.